The summed E-state index contributed by atoms with van der Waals surface area (Å²) >= 11 is 0. The molecule has 7 nitrogen and oxygen atoms in total. The Bertz CT molecular complexity index is 719. The van der Waals surface area contributed by atoms with Gasteiger partial charge in [-0.05, 0) is 37.5 Å². The lowest BCUT2D eigenvalue weighted by Crippen LogP contribution is -2.44. The molecule has 3 rings (SSSR count). The van der Waals surface area contributed by atoms with Gasteiger partial charge in [-0.15, -0.1) is 0 Å². The predicted molar refractivity (Wildman–Crippen MR) is 91.8 cm³/mol. The van der Waals surface area contributed by atoms with Crippen molar-refractivity contribution in [3.8, 4) is 0 Å². The number of aromatic nitrogens is 2. The number of likely N-dealkylation sites (tertiary alicyclic amines) is 1. The molecule has 1 N–H and O–H groups in total. The van der Waals surface area contributed by atoms with E-state index in [0.29, 0.717) is 44.6 Å². The predicted octanol–water partition coefficient (Wildman–Crippen LogP) is 2.83. The van der Waals surface area contributed by atoms with Crippen LogP contribution in [-0.4, -0.2) is 40.8 Å². The van der Waals surface area contributed by atoms with Crippen LogP contribution in [0, 0.1) is 5.82 Å². The van der Waals surface area contributed by atoms with Gasteiger partial charge in [0.05, 0.1) is 0 Å². The highest BCUT2D eigenvalue weighted by Gasteiger charge is 2.28. The Balaban J connectivity index is 1.53. The number of nitrogens with zero attached hydrogens (tertiary/aromatic N) is 3. The van der Waals surface area contributed by atoms with Crippen molar-refractivity contribution in [1.82, 2.24) is 20.4 Å². The van der Waals surface area contributed by atoms with Gasteiger partial charge < -0.3 is 19.5 Å². The molecule has 2 amide bonds. The Kier molecular flexibility index (Phi) is 6.17. The summed E-state index contributed by atoms with van der Waals surface area (Å²) in [5.41, 5.74) is 0.854. The standard InChI is InChI=1S/C18H23FN4O3/c1-2-25-12-16-21-17(22-26-16)14-4-3-9-23(11-14)18(24)20-10-13-5-7-15(19)8-6-13/h5-8,14H,2-4,9-12H2,1H3,(H,20,24). The monoisotopic (exact) mass is 362 g/mol. The summed E-state index contributed by atoms with van der Waals surface area (Å²) in [6.45, 7) is 4.39. The topological polar surface area (TPSA) is 80.5 Å². The lowest BCUT2D eigenvalue weighted by Gasteiger charge is -2.31. The maximum Gasteiger partial charge on any atom is 0.317 e. The van der Waals surface area contributed by atoms with E-state index in [9.17, 15) is 9.18 Å². The largest absolute Gasteiger partial charge is 0.372 e. The third-order valence-corrected chi connectivity index (χ3v) is 4.34. The SMILES string of the molecule is CCOCc1nc(C2CCCN(C(=O)NCc3ccc(F)cc3)C2)no1. The van der Waals surface area contributed by atoms with Gasteiger partial charge in [0, 0.05) is 32.2 Å². The van der Waals surface area contributed by atoms with Crippen molar-refractivity contribution in [3.05, 3.63) is 47.4 Å². The highest BCUT2D eigenvalue weighted by molar-refractivity contribution is 5.74. The van der Waals surface area contributed by atoms with Gasteiger partial charge in [-0.1, -0.05) is 17.3 Å². The molecular formula is C18H23FN4O3. The zero-order valence-corrected chi connectivity index (χ0v) is 14.8. The Hall–Kier alpha value is -2.48. The molecule has 1 aromatic carbocycles. The minimum atomic E-state index is -0.289. The number of piperidine rings is 1. The van der Waals surface area contributed by atoms with Crippen LogP contribution in [-0.2, 0) is 17.9 Å². The molecule has 1 fully saturated rings. The number of carbonyl (C=O) groups is 1. The molecule has 1 atom stereocenters. The smallest absolute Gasteiger partial charge is 0.317 e. The molecule has 140 valence electrons. The molecule has 0 spiro atoms. The third kappa shape index (κ3) is 4.78. The molecule has 0 saturated carbocycles. The molecule has 1 unspecified atom stereocenters. The van der Waals surface area contributed by atoms with Crippen molar-refractivity contribution in [1.29, 1.82) is 0 Å². The fourth-order valence-corrected chi connectivity index (χ4v) is 2.95. The van der Waals surface area contributed by atoms with Crippen LogP contribution in [0.3, 0.4) is 0 Å². The van der Waals surface area contributed by atoms with Crippen LogP contribution in [0.25, 0.3) is 0 Å². The van der Waals surface area contributed by atoms with Gasteiger partial charge in [-0.25, -0.2) is 9.18 Å². The molecule has 0 bridgehead atoms. The van der Waals surface area contributed by atoms with Crippen LogP contribution in [0.4, 0.5) is 9.18 Å². The van der Waals surface area contributed by atoms with Gasteiger partial charge >= 0.3 is 6.03 Å². The first-order valence-corrected chi connectivity index (χ1v) is 8.83. The van der Waals surface area contributed by atoms with E-state index in [1.165, 1.54) is 12.1 Å². The number of amides is 2. The first kappa shape index (κ1) is 18.3. The number of urea groups is 1. The van der Waals surface area contributed by atoms with Crippen LogP contribution in [0.5, 0.6) is 0 Å². The quantitative estimate of drug-likeness (QED) is 0.855. The second kappa shape index (κ2) is 8.75. The second-order valence-corrected chi connectivity index (χ2v) is 6.25. The van der Waals surface area contributed by atoms with Gasteiger partial charge in [-0.2, -0.15) is 4.98 Å². The number of halogens is 1. The van der Waals surface area contributed by atoms with E-state index in [4.69, 9.17) is 9.26 Å². The van der Waals surface area contributed by atoms with E-state index in [2.05, 4.69) is 15.5 Å². The van der Waals surface area contributed by atoms with Gasteiger partial charge in [-0.3, -0.25) is 0 Å². The van der Waals surface area contributed by atoms with E-state index in [1.807, 2.05) is 6.92 Å². The fraction of sp³-hybridized carbons (Fsp3) is 0.500. The molecule has 1 saturated heterocycles. The Morgan fingerprint density at radius 3 is 3.00 bits per heavy atom. The number of hydrogen-bond acceptors (Lipinski definition) is 5. The first-order chi connectivity index (χ1) is 12.7. The maximum atomic E-state index is 12.9. The van der Waals surface area contributed by atoms with Crippen molar-refractivity contribution >= 4 is 6.03 Å². The summed E-state index contributed by atoms with van der Waals surface area (Å²) in [4.78, 5) is 18.5. The molecule has 0 aliphatic carbocycles. The summed E-state index contributed by atoms with van der Waals surface area (Å²) < 4.78 is 23.4. The summed E-state index contributed by atoms with van der Waals surface area (Å²) in [6, 6.07) is 5.95. The van der Waals surface area contributed by atoms with Gasteiger partial charge in [0.1, 0.15) is 12.4 Å². The molecule has 2 heterocycles. The third-order valence-electron chi connectivity index (χ3n) is 4.34. The van der Waals surface area contributed by atoms with Crippen molar-refractivity contribution in [2.75, 3.05) is 19.7 Å². The van der Waals surface area contributed by atoms with Gasteiger partial charge in [0.2, 0.25) is 0 Å². The molecule has 1 aliphatic rings. The highest BCUT2D eigenvalue weighted by Crippen LogP contribution is 2.25. The molecule has 2 aromatic rings. The Morgan fingerprint density at radius 1 is 1.42 bits per heavy atom. The zero-order chi connectivity index (χ0) is 18.4. The van der Waals surface area contributed by atoms with Crippen LogP contribution < -0.4 is 5.32 Å². The fourth-order valence-electron chi connectivity index (χ4n) is 2.95. The van der Waals surface area contributed by atoms with E-state index < -0.39 is 0 Å². The van der Waals surface area contributed by atoms with Crippen molar-refractivity contribution < 1.29 is 18.4 Å². The highest BCUT2D eigenvalue weighted by atomic mass is 19.1. The summed E-state index contributed by atoms with van der Waals surface area (Å²) in [6.07, 6.45) is 1.79. The molecular weight excluding hydrogens is 339 g/mol. The van der Waals surface area contributed by atoms with Crippen LogP contribution in [0.2, 0.25) is 0 Å². The minimum Gasteiger partial charge on any atom is -0.372 e. The lowest BCUT2D eigenvalue weighted by molar-refractivity contribution is 0.109. The number of hydrogen-bond donors (Lipinski definition) is 1. The molecule has 1 aliphatic heterocycles. The van der Waals surface area contributed by atoms with Crippen molar-refractivity contribution in [2.45, 2.75) is 38.8 Å². The number of carbonyl (C=O) groups excluding carboxylic acids is 1. The Labute approximate surface area is 151 Å². The normalized spacial score (nSPS) is 17.3. The molecule has 8 heteroatoms. The molecule has 1 aromatic heterocycles. The van der Waals surface area contributed by atoms with Crippen molar-refractivity contribution in [2.24, 2.45) is 0 Å². The first-order valence-electron chi connectivity index (χ1n) is 8.83. The van der Waals surface area contributed by atoms with E-state index in [-0.39, 0.29) is 17.8 Å². The summed E-state index contributed by atoms with van der Waals surface area (Å²) in [7, 11) is 0. The number of rotatable bonds is 6. The van der Waals surface area contributed by atoms with Crippen molar-refractivity contribution in [3.63, 3.8) is 0 Å². The van der Waals surface area contributed by atoms with E-state index in [1.54, 1.807) is 17.0 Å². The number of benzene rings is 1. The second-order valence-electron chi connectivity index (χ2n) is 6.25. The molecule has 26 heavy (non-hydrogen) atoms. The van der Waals surface area contributed by atoms with Crippen LogP contribution >= 0.6 is 0 Å². The van der Waals surface area contributed by atoms with Crippen LogP contribution in [0.15, 0.2) is 28.8 Å². The van der Waals surface area contributed by atoms with Gasteiger partial charge in [0.15, 0.2) is 5.82 Å². The number of ether oxygens (including phenoxy) is 1. The minimum absolute atomic E-state index is 0.0550. The molecule has 0 radical (unpaired) electrons. The summed E-state index contributed by atoms with van der Waals surface area (Å²) in [5, 5.41) is 6.90. The van der Waals surface area contributed by atoms with E-state index in [0.717, 1.165) is 18.4 Å². The number of nitrogens with one attached hydrogen (secondary N) is 1. The average Bonchev–Trinajstić information content (AvgIpc) is 3.15. The van der Waals surface area contributed by atoms with Gasteiger partial charge in [0.25, 0.3) is 5.89 Å². The maximum absolute atomic E-state index is 12.9. The lowest BCUT2D eigenvalue weighted by atomic mass is 9.98. The zero-order valence-electron chi connectivity index (χ0n) is 14.8. The van der Waals surface area contributed by atoms with Crippen LogP contribution in [0.1, 0.15) is 43.0 Å². The summed E-state index contributed by atoms with van der Waals surface area (Å²) in [5.74, 6) is 0.845. The Morgan fingerprint density at radius 2 is 2.23 bits per heavy atom. The van der Waals surface area contributed by atoms with E-state index >= 15 is 0 Å². The average molecular weight is 362 g/mol.